The van der Waals surface area contributed by atoms with Crippen LogP contribution in [0.3, 0.4) is 0 Å². The summed E-state index contributed by atoms with van der Waals surface area (Å²) in [4.78, 5) is 0. The zero-order valence-electron chi connectivity index (χ0n) is 11.8. The Kier molecular flexibility index (Phi) is 4.09. The van der Waals surface area contributed by atoms with Crippen molar-refractivity contribution in [3.63, 3.8) is 0 Å². The Labute approximate surface area is 113 Å². The van der Waals surface area contributed by atoms with Gasteiger partial charge in [-0.15, -0.1) is 0 Å². The predicted molar refractivity (Wildman–Crippen MR) is 77.0 cm³/mol. The van der Waals surface area contributed by atoms with Crippen molar-refractivity contribution in [3.8, 4) is 0 Å². The molecule has 104 valence electrons. The molecule has 2 rings (SSSR count). The van der Waals surface area contributed by atoms with Gasteiger partial charge in [0.25, 0.3) is 0 Å². The topological polar surface area (TPSA) is 73.7 Å². The molecule has 0 bridgehead atoms. The van der Waals surface area contributed by atoms with Gasteiger partial charge >= 0.3 is 0 Å². The van der Waals surface area contributed by atoms with Crippen LogP contribution in [-0.4, -0.2) is 25.6 Å². The molecule has 19 heavy (non-hydrogen) atoms. The Morgan fingerprint density at radius 2 is 2.26 bits per heavy atom. The quantitative estimate of drug-likeness (QED) is 0.833. The Hall–Kier alpha value is -1.98. The minimum Gasteiger partial charge on any atom is -0.394 e. The molecule has 0 amide bonds. The second-order valence-corrected chi connectivity index (χ2v) is 4.84. The summed E-state index contributed by atoms with van der Waals surface area (Å²) in [5.74, 6) is 0.916. The van der Waals surface area contributed by atoms with Crippen LogP contribution in [0.25, 0.3) is 0 Å². The van der Waals surface area contributed by atoms with Crippen molar-refractivity contribution in [2.45, 2.75) is 46.3 Å². The van der Waals surface area contributed by atoms with Gasteiger partial charge < -0.3 is 11.1 Å². The largest absolute Gasteiger partial charge is 0.394 e. The number of nitrogens with zero attached hydrogens (tertiary/aromatic N) is 4. The smallest absolute Gasteiger partial charge is 0.148 e. The molecule has 0 spiro atoms. The van der Waals surface area contributed by atoms with E-state index in [0.29, 0.717) is 0 Å². The molecular weight excluding hydrogens is 240 g/mol. The van der Waals surface area contributed by atoms with E-state index in [2.05, 4.69) is 29.4 Å². The van der Waals surface area contributed by atoms with E-state index in [1.54, 1.807) is 6.20 Å². The number of aryl methyl sites for hydroxylation is 2. The van der Waals surface area contributed by atoms with Gasteiger partial charge in [0.05, 0.1) is 17.9 Å². The minimum atomic E-state index is 0.230. The highest BCUT2D eigenvalue weighted by Gasteiger charge is 2.14. The zero-order valence-corrected chi connectivity index (χ0v) is 11.8. The van der Waals surface area contributed by atoms with Gasteiger partial charge in [-0.05, 0) is 26.3 Å². The summed E-state index contributed by atoms with van der Waals surface area (Å²) in [6.07, 6.45) is 4.77. The molecule has 1 unspecified atom stereocenters. The van der Waals surface area contributed by atoms with E-state index in [0.717, 1.165) is 36.7 Å². The van der Waals surface area contributed by atoms with Crippen molar-refractivity contribution in [1.29, 1.82) is 0 Å². The van der Waals surface area contributed by atoms with Gasteiger partial charge in [0.15, 0.2) is 0 Å². The molecule has 0 aliphatic carbocycles. The number of rotatable bonds is 6. The van der Waals surface area contributed by atoms with Gasteiger partial charge in [0.2, 0.25) is 0 Å². The number of aromatic nitrogens is 4. The molecule has 0 aliphatic rings. The fourth-order valence-electron chi connectivity index (χ4n) is 2.09. The van der Waals surface area contributed by atoms with Crippen LogP contribution < -0.4 is 11.1 Å². The SMILES string of the molecule is CCCn1nc(C)c(N)c1NC(C)Cn1cccn1. The zero-order chi connectivity index (χ0) is 13.8. The molecular formula is C13H22N6. The maximum Gasteiger partial charge on any atom is 0.148 e. The van der Waals surface area contributed by atoms with E-state index in [1.807, 2.05) is 28.6 Å². The second kappa shape index (κ2) is 5.77. The summed E-state index contributed by atoms with van der Waals surface area (Å²) < 4.78 is 3.85. The number of hydrogen-bond donors (Lipinski definition) is 2. The summed E-state index contributed by atoms with van der Waals surface area (Å²) in [5, 5.41) is 12.1. The number of nitrogens with one attached hydrogen (secondary N) is 1. The van der Waals surface area contributed by atoms with Crippen LogP contribution >= 0.6 is 0 Å². The molecule has 2 heterocycles. The van der Waals surface area contributed by atoms with Crippen LogP contribution in [0.4, 0.5) is 11.5 Å². The molecule has 3 N–H and O–H groups in total. The summed E-state index contributed by atoms with van der Waals surface area (Å²) in [7, 11) is 0. The summed E-state index contributed by atoms with van der Waals surface area (Å²) in [6.45, 7) is 7.84. The fraction of sp³-hybridized carbons (Fsp3) is 0.538. The first kappa shape index (κ1) is 13.5. The highest BCUT2D eigenvalue weighted by Crippen LogP contribution is 2.23. The lowest BCUT2D eigenvalue weighted by Gasteiger charge is -2.17. The molecule has 6 heteroatoms. The Morgan fingerprint density at radius 3 is 2.89 bits per heavy atom. The molecule has 0 saturated carbocycles. The predicted octanol–water partition coefficient (Wildman–Crippen LogP) is 1.88. The van der Waals surface area contributed by atoms with Crippen LogP contribution in [-0.2, 0) is 13.1 Å². The third-order valence-corrected chi connectivity index (χ3v) is 3.01. The number of hydrogen-bond acceptors (Lipinski definition) is 4. The van der Waals surface area contributed by atoms with E-state index >= 15 is 0 Å². The van der Waals surface area contributed by atoms with Gasteiger partial charge in [0, 0.05) is 25.0 Å². The molecule has 6 nitrogen and oxygen atoms in total. The number of nitrogens with two attached hydrogens (primary N) is 1. The molecule has 2 aromatic heterocycles. The third-order valence-electron chi connectivity index (χ3n) is 3.01. The third kappa shape index (κ3) is 3.07. The van der Waals surface area contributed by atoms with Crippen molar-refractivity contribution in [2.75, 3.05) is 11.1 Å². The summed E-state index contributed by atoms with van der Waals surface area (Å²) in [6, 6.07) is 2.15. The fourth-order valence-corrected chi connectivity index (χ4v) is 2.09. The second-order valence-electron chi connectivity index (χ2n) is 4.84. The van der Waals surface area contributed by atoms with Crippen LogP contribution in [0.1, 0.15) is 26.0 Å². The maximum absolute atomic E-state index is 6.09. The van der Waals surface area contributed by atoms with Gasteiger partial charge in [-0.1, -0.05) is 6.92 Å². The van der Waals surface area contributed by atoms with Crippen molar-refractivity contribution in [1.82, 2.24) is 19.6 Å². The Bertz CT molecular complexity index is 513. The first-order chi connectivity index (χ1) is 9.11. The molecule has 2 aromatic rings. The minimum absolute atomic E-state index is 0.230. The van der Waals surface area contributed by atoms with E-state index in [1.165, 1.54) is 0 Å². The van der Waals surface area contributed by atoms with Crippen molar-refractivity contribution in [2.24, 2.45) is 0 Å². The average molecular weight is 262 g/mol. The monoisotopic (exact) mass is 262 g/mol. The standard InChI is InChI=1S/C13H22N6/c1-4-7-19-13(12(14)11(3)17-19)16-10(2)9-18-8-5-6-15-18/h5-6,8,10,16H,4,7,9,14H2,1-3H3. The Balaban J connectivity index is 2.09. The maximum atomic E-state index is 6.09. The summed E-state index contributed by atoms with van der Waals surface area (Å²) >= 11 is 0. The number of nitrogen functional groups attached to an aromatic ring is 1. The highest BCUT2D eigenvalue weighted by molar-refractivity contribution is 5.65. The van der Waals surface area contributed by atoms with Crippen LogP contribution in [0.2, 0.25) is 0 Å². The average Bonchev–Trinajstić information content (AvgIpc) is 2.94. The van der Waals surface area contributed by atoms with Crippen molar-refractivity contribution < 1.29 is 0 Å². The van der Waals surface area contributed by atoms with Gasteiger partial charge in [0.1, 0.15) is 5.82 Å². The highest BCUT2D eigenvalue weighted by atomic mass is 15.4. The lowest BCUT2D eigenvalue weighted by molar-refractivity contribution is 0.547. The lowest BCUT2D eigenvalue weighted by Crippen LogP contribution is -2.24. The van der Waals surface area contributed by atoms with Gasteiger partial charge in [-0.2, -0.15) is 10.2 Å². The van der Waals surface area contributed by atoms with Crippen LogP contribution in [0.5, 0.6) is 0 Å². The van der Waals surface area contributed by atoms with Gasteiger partial charge in [-0.25, -0.2) is 4.68 Å². The lowest BCUT2D eigenvalue weighted by atomic mass is 10.3. The Morgan fingerprint density at radius 1 is 1.47 bits per heavy atom. The van der Waals surface area contributed by atoms with Crippen LogP contribution in [0, 0.1) is 6.92 Å². The van der Waals surface area contributed by atoms with E-state index < -0.39 is 0 Å². The van der Waals surface area contributed by atoms with Crippen LogP contribution in [0.15, 0.2) is 18.5 Å². The van der Waals surface area contributed by atoms with E-state index in [9.17, 15) is 0 Å². The first-order valence-corrected chi connectivity index (χ1v) is 6.68. The molecule has 0 saturated heterocycles. The number of anilines is 2. The van der Waals surface area contributed by atoms with E-state index in [4.69, 9.17) is 5.73 Å². The van der Waals surface area contributed by atoms with E-state index in [-0.39, 0.29) is 6.04 Å². The van der Waals surface area contributed by atoms with Crippen molar-refractivity contribution >= 4 is 11.5 Å². The first-order valence-electron chi connectivity index (χ1n) is 6.68. The molecule has 1 atom stereocenters. The molecule has 0 aromatic carbocycles. The van der Waals surface area contributed by atoms with Gasteiger partial charge in [-0.3, -0.25) is 4.68 Å². The molecule has 0 aliphatic heterocycles. The molecule has 0 fully saturated rings. The normalized spacial score (nSPS) is 12.6. The van der Waals surface area contributed by atoms with Crippen molar-refractivity contribution in [3.05, 3.63) is 24.2 Å². The summed E-state index contributed by atoms with van der Waals surface area (Å²) in [5.41, 5.74) is 7.70. The molecule has 0 radical (unpaired) electrons.